The van der Waals surface area contributed by atoms with E-state index in [0.29, 0.717) is 5.78 Å². The van der Waals surface area contributed by atoms with Crippen molar-refractivity contribution in [2.24, 2.45) is 5.41 Å². The van der Waals surface area contributed by atoms with E-state index in [9.17, 15) is 4.79 Å². The van der Waals surface area contributed by atoms with Gasteiger partial charge in [-0.3, -0.25) is 4.79 Å². The van der Waals surface area contributed by atoms with E-state index in [-0.39, 0.29) is 5.41 Å². The predicted octanol–water partition coefficient (Wildman–Crippen LogP) is 4.27. The maximum Gasteiger partial charge on any atom is 0.136 e. The first-order valence-corrected chi connectivity index (χ1v) is 6.18. The number of hydrogen-bond acceptors (Lipinski definition) is 1. The molecule has 1 heteroatoms. The van der Waals surface area contributed by atoms with Gasteiger partial charge in [-0.2, -0.15) is 0 Å². The smallest absolute Gasteiger partial charge is 0.136 e. The molecular weight excluding hydrogens is 184 g/mol. The van der Waals surface area contributed by atoms with E-state index in [0.717, 1.165) is 25.7 Å². The summed E-state index contributed by atoms with van der Waals surface area (Å²) in [7, 11) is 0. The Kier molecular flexibility index (Phi) is 4.12. The lowest BCUT2D eigenvalue weighted by Gasteiger charge is -2.36. The molecule has 1 nitrogen and oxygen atoms in total. The minimum Gasteiger partial charge on any atom is -0.299 e. The highest BCUT2D eigenvalue weighted by Crippen LogP contribution is 2.43. The molecule has 0 spiro atoms. The van der Waals surface area contributed by atoms with Crippen LogP contribution >= 0.6 is 0 Å². The summed E-state index contributed by atoms with van der Waals surface area (Å²) in [6.07, 6.45) is 6.67. The molecule has 0 heterocycles. The van der Waals surface area contributed by atoms with Gasteiger partial charge in [-0.1, -0.05) is 30.9 Å². The molecule has 0 saturated carbocycles. The average molecular weight is 208 g/mol. The van der Waals surface area contributed by atoms with Crippen molar-refractivity contribution in [2.45, 2.75) is 66.2 Å². The largest absolute Gasteiger partial charge is 0.299 e. The minimum absolute atomic E-state index is 0.0143. The van der Waals surface area contributed by atoms with Crippen molar-refractivity contribution >= 4 is 5.78 Å². The maximum atomic E-state index is 11.9. The topological polar surface area (TPSA) is 17.1 Å². The molecule has 1 atom stereocenters. The fourth-order valence-corrected chi connectivity index (χ4v) is 2.59. The molecule has 0 aromatic heterocycles. The van der Waals surface area contributed by atoms with Crippen molar-refractivity contribution in [3.63, 3.8) is 0 Å². The number of Topliss-reactive ketones (excluding diaryl/α,β-unsaturated/α-hetero) is 1. The van der Waals surface area contributed by atoms with Crippen LogP contribution in [0.25, 0.3) is 0 Å². The SMILES string of the molecule is CCCC[C@@]1(C(C)=O)CCC(C)=C(C)C1. The van der Waals surface area contributed by atoms with Gasteiger partial charge in [0.1, 0.15) is 5.78 Å². The van der Waals surface area contributed by atoms with Crippen LogP contribution < -0.4 is 0 Å². The van der Waals surface area contributed by atoms with Crippen LogP contribution in [0.15, 0.2) is 11.1 Å². The summed E-state index contributed by atoms with van der Waals surface area (Å²) in [6.45, 7) is 8.38. The van der Waals surface area contributed by atoms with Crippen LogP contribution in [0.3, 0.4) is 0 Å². The Balaban J connectivity index is 2.81. The number of carbonyl (C=O) groups is 1. The fraction of sp³-hybridized carbons (Fsp3) is 0.786. The van der Waals surface area contributed by atoms with E-state index >= 15 is 0 Å². The van der Waals surface area contributed by atoms with Gasteiger partial charge in [0.2, 0.25) is 0 Å². The quantitative estimate of drug-likeness (QED) is 0.630. The molecule has 0 amide bonds. The molecule has 1 aliphatic carbocycles. The summed E-state index contributed by atoms with van der Waals surface area (Å²) in [5, 5.41) is 0. The highest BCUT2D eigenvalue weighted by molar-refractivity contribution is 5.83. The zero-order valence-electron chi connectivity index (χ0n) is 10.7. The van der Waals surface area contributed by atoms with Crippen LogP contribution in [0.1, 0.15) is 66.2 Å². The van der Waals surface area contributed by atoms with Crippen molar-refractivity contribution in [2.75, 3.05) is 0 Å². The molecule has 15 heavy (non-hydrogen) atoms. The average Bonchev–Trinajstić information content (AvgIpc) is 2.20. The third kappa shape index (κ3) is 2.70. The second-order valence-electron chi connectivity index (χ2n) is 5.18. The number of rotatable bonds is 4. The molecule has 86 valence electrons. The lowest BCUT2D eigenvalue weighted by atomic mass is 9.67. The van der Waals surface area contributed by atoms with Crippen LogP contribution in [-0.2, 0) is 4.79 Å². The number of hydrogen-bond donors (Lipinski definition) is 0. The van der Waals surface area contributed by atoms with Gasteiger partial charge >= 0.3 is 0 Å². The Hall–Kier alpha value is -0.590. The van der Waals surface area contributed by atoms with Crippen LogP contribution in [0.2, 0.25) is 0 Å². The first-order chi connectivity index (χ1) is 7.02. The van der Waals surface area contributed by atoms with Crippen molar-refractivity contribution in [1.82, 2.24) is 0 Å². The van der Waals surface area contributed by atoms with E-state index in [1.807, 2.05) is 0 Å². The highest BCUT2D eigenvalue weighted by Gasteiger charge is 2.36. The molecule has 0 aliphatic heterocycles. The second-order valence-corrected chi connectivity index (χ2v) is 5.18. The van der Waals surface area contributed by atoms with Gasteiger partial charge in [-0.05, 0) is 46.5 Å². The normalized spacial score (nSPS) is 26.9. The second kappa shape index (κ2) is 4.96. The molecule has 0 unspecified atom stereocenters. The molecule has 0 bridgehead atoms. The van der Waals surface area contributed by atoms with Gasteiger partial charge < -0.3 is 0 Å². The lowest BCUT2D eigenvalue weighted by Crippen LogP contribution is -2.32. The first kappa shape index (κ1) is 12.5. The van der Waals surface area contributed by atoms with Gasteiger partial charge in [0, 0.05) is 5.41 Å². The first-order valence-electron chi connectivity index (χ1n) is 6.18. The Labute approximate surface area is 93.9 Å². The number of allylic oxidation sites excluding steroid dienone is 2. The molecule has 1 rings (SSSR count). The Morgan fingerprint density at radius 2 is 2.00 bits per heavy atom. The van der Waals surface area contributed by atoms with Crippen molar-refractivity contribution in [3.05, 3.63) is 11.1 Å². The molecule has 0 saturated heterocycles. The fourth-order valence-electron chi connectivity index (χ4n) is 2.59. The van der Waals surface area contributed by atoms with Crippen LogP contribution in [0.5, 0.6) is 0 Å². The maximum absolute atomic E-state index is 11.9. The van der Waals surface area contributed by atoms with Crippen molar-refractivity contribution in [1.29, 1.82) is 0 Å². The summed E-state index contributed by atoms with van der Waals surface area (Å²) in [4.78, 5) is 11.9. The Bertz CT molecular complexity index is 275. The molecule has 0 N–H and O–H groups in total. The highest BCUT2D eigenvalue weighted by atomic mass is 16.1. The third-order valence-electron chi connectivity index (χ3n) is 4.07. The van der Waals surface area contributed by atoms with Crippen molar-refractivity contribution in [3.8, 4) is 0 Å². The third-order valence-corrected chi connectivity index (χ3v) is 4.07. The van der Waals surface area contributed by atoms with Crippen LogP contribution in [0, 0.1) is 5.41 Å². The van der Waals surface area contributed by atoms with Gasteiger partial charge in [-0.15, -0.1) is 0 Å². The zero-order chi connectivity index (χ0) is 11.5. The lowest BCUT2D eigenvalue weighted by molar-refractivity contribution is -0.127. The van der Waals surface area contributed by atoms with E-state index in [2.05, 4.69) is 20.8 Å². The zero-order valence-corrected chi connectivity index (χ0v) is 10.7. The molecule has 0 aromatic rings. The Morgan fingerprint density at radius 3 is 2.47 bits per heavy atom. The summed E-state index contributed by atoms with van der Waals surface area (Å²) in [6, 6.07) is 0. The molecule has 0 aromatic carbocycles. The minimum atomic E-state index is -0.0143. The van der Waals surface area contributed by atoms with Gasteiger partial charge in [-0.25, -0.2) is 0 Å². The van der Waals surface area contributed by atoms with E-state index < -0.39 is 0 Å². The molecule has 0 fully saturated rings. The number of carbonyl (C=O) groups excluding carboxylic acids is 1. The van der Waals surface area contributed by atoms with Crippen LogP contribution in [0.4, 0.5) is 0 Å². The van der Waals surface area contributed by atoms with Gasteiger partial charge in [0.25, 0.3) is 0 Å². The van der Waals surface area contributed by atoms with E-state index in [1.54, 1.807) is 6.92 Å². The van der Waals surface area contributed by atoms with Crippen LogP contribution in [-0.4, -0.2) is 5.78 Å². The monoisotopic (exact) mass is 208 g/mol. The summed E-state index contributed by atoms with van der Waals surface area (Å²) >= 11 is 0. The predicted molar refractivity (Wildman–Crippen MR) is 64.9 cm³/mol. The van der Waals surface area contributed by atoms with Crippen molar-refractivity contribution < 1.29 is 4.79 Å². The number of unbranched alkanes of at least 4 members (excludes halogenated alkanes) is 1. The summed E-state index contributed by atoms with van der Waals surface area (Å²) in [5.41, 5.74) is 2.94. The number of ketones is 1. The Morgan fingerprint density at radius 1 is 1.33 bits per heavy atom. The van der Waals surface area contributed by atoms with Gasteiger partial charge in [0.05, 0.1) is 0 Å². The van der Waals surface area contributed by atoms with E-state index in [4.69, 9.17) is 0 Å². The molecule has 0 radical (unpaired) electrons. The summed E-state index contributed by atoms with van der Waals surface area (Å²) < 4.78 is 0. The van der Waals surface area contributed by atoms with E-state index in [1.165, 1.54) is 24.0 Å². The molecule has 1 aliphatic rings. The summed E-state index contributed by atoms with van der Waals surface area (Å²) in [5.74, 6) is 0.405. The molecular formula is C14H24O. The van der Waals surface area contributed by atoms with Gasteiger partial charge in [0.15, 0.2) is 0 Å². The standard InChI is InChI=1S/C14H24O/c1-5-6-8-14(13(4)15)9-7-11(2)12(3)10-14/h5-10H2,1-4H3/t14-/m1/s1.